The molecular formula is C16H9BrN4O. The topological polar surface area (TPSA) is 77.6 Å². The van der Waals surface area contributed by atoms with Crippen LogP contribution < -0.4 is 5.32 Å². The first-order chi connectivity index (χ1) is 10.7. The standard InChI is InChI=1S/C16H9BrN4O/c17-12-5-6-14-13(7-12)15(16(22)20-14)21-19-9-11-3-1-10(8-18)2-4-11/h1-7,9H,(H,20,21,22)/b19-9+. The fourth-order valence-electron chi connectivity index (χ4n) is 2.02. The molecule has 1 N–H and O–H groups in total. The van der Waals surface area contributed by atoms with Crippen molar-refractivity contribution in [1.29, 1.82) is 5.26 Å². The van der Waals surface area contributed by atoms with Crippen LogP contribution in [0.5, 0.6) is 0 Å². The van der Waals surface area contributed by atoms with Gasteiger partial charge in [-0.05, 0) is 35.9 Å². The van der Waals surface area contributed by atoms with Gasteiger partial charge in [-0.15, -0.1) is 5.10 Å². The average Bonchev–Trinajstić information content (AvgIpc) is 2.83. The van der Waals surface area contributed by atoms with E-state index in [0.29, 0.717) is 5.56 Å². The van der Waals surface area contributed by atoms with Gasteiger partial charge in [0.25, 0.3) is 5.91 Å². The highest BCUT2D eigenvalue weighted by Crippen LogP contribution is 2.26. The summed E-state index contributed by atoms with van der Waals surface area (Å²) >= 11 is 3.37. The van der Waals surface area contributed by atoms with Crippen molar-refractivity contribution in [1.82, 2.24) is 0 Å². The number of benzene rings is 2. The van der Waals surface area contributed by atoms with Gasteiger partial charge in [0.15, 0.2) is 5.71 Å². The minimum absolute atomic E-state index is 0.273. The molecule has 5 nitrogen and oxygen atoms in total. The molecule has 106 valence electrons. The number of nitriles is 1. The molecule has 0 saturated heterocycles. The number of fused-ring (bicyclic) bond motifs is 1. The van der Waals surface area contributed by atoms with E-state index in [2.05, 4.69) is 31.4 Å². The molecule has 0 spiro atoms. The van der Waals surface area contributed by atoms with Crippen LogP contribution in [0.4, 0.5) is 5.69 Å². The molecule has 0 aromatic heterocycles. The van der Waals surface area contributed by atoms with E-state index in [1.165, 1.54) is 6.21 Å². The Hall–Kier alpha value is -2.78. The van der Waals surface area contributed by atoms with Gasteiger partial charge < -0.3 is 5.32 Å². The molecule has 0 aliphatic carbocycles. The molecule has 1 aliphatic heterocycles. The van der Waals surface area contributed by atoms with Gasteiger partial charge in [-0.25, -0.2) is 0 Å². The van der Waals surface area contributed by atoms with Crippen molar-refractivity contribution < 1.29 is 4.79 Å². The fourth-order valence-corrected chi connectivity index (χ4v) is 2.38. The highest BCUT2D eigenvalue weighted by Gasteiger charge is 2.26. The molecule has 1 heterocycles. The average molecular weight is 353 g/mol. The number of anilines is 1. The Balaban J connectivity index is 1.86. The molecule has 2 aromatic rings. The molecule has 0 atom stereocenters. The number of rotatable bonds is 2. The van der Waals surface area contributed by atoms with Crippen LogP contribution in [0.25, 0.3) is 0 Å². The number of nitrogens with one attached hydrogen (secondary N) is 1. The summed E-state index contributed by atoms with van der Waals surface area (Å²) in [5.74, 6) is -0.273. The largest absolute Gasteiger partial charge is 0.320 e. The van der Waals surface area contributed by atoms with E-state index in [1.54, 1.807) is 24.3 Å². The van der Waals surface area contributed by atoms with Crippen LogP contribution in [-0.2, 0) is 4.79 Å². The van der Waals surface area contributed by atoms with Gasteiger partial charge in [-0.2, -0.15) is 10.4 Å². The summed E-state index contributed by atoms with van der Waals surface area (Å²) < 4.78 is 0.867. The van der Waals surface area contributed by atoms with Crippen LogP contribution >= 0.6 is 15.9 Å². The molecular weight excluding hydrogens is 344 g/mol. The van der Waals surface area contributed by atoms with Crippen LogP contribution in [-0.4, -0.2) is 17.8 Å². The van der Waals surface area contributed by atoms with Crippen molar-refractivity contribution in [2.45, 2.75) is 0 Å². The number of nitrogens with zero attached hydrogens (tertiary/aromatic N) is 3. The number of amides is 1. The second kappa shape index (κ2) is 5.92. The first-order valence-corrected chi connectivity index (χ1v) is 7.19. The van der Waals surface area contributed by atoms with E-state index < -0.39 is 0 Å². The van der Waals surface area contributed by atoms with E-state index in [4.69, 9.17) is 5.26 Å². The monoisotopic (exact) mass is 352 g/mol. The zero-order valence-electron chi connectivity index (χ0n) is 11.2. The molecule has 0 bridgehead atoms. The Kier molecular flexibility index (Phi) is 3.81. The number of carbonyl (C=O) groups excluding carboxylic acids is 1. The molecule has 2 aromatic carbocycles. The fraction of sp³-hybridized carbons (Fsp3) is 0. The summed E-state index contributed by atoms with van der Waals surface area (Å²) in [5.41, 5.74) is 3.10. The first kappa shape index (κ1) is 14.2. The van der Waals surface area contributed by atoms with Crippen LogP contribution in [0.3, 0.4) is 0 Å². The maximum absolute atomic E-state index is 11.9. The summed E-state index contributed by atoms with van der Waals surface area (Å²) in [4.78, 5) is 11.9. The van der Waals surface area contributed by atoms with Gasteiger partial charge in [-0.3, -0.25) is 4.79 Å². The molecule has 0 saturated carbocycles. The van der Waals surface area contributed by atoms with Gasteiger partial charge in [0.1, 0.15) is 0 Å². The third-order valence-corrected chi connectivity index (χ3v) is 3.60. The van der Waals surface area contributed by atoms with Crippen LogP contribution in [0, 0.1) is 11.3 Å². The highest BCUT2D eigenvalue weighted by atomic mass is 79.9. The predicted octanol–water partition coefficient (Wildman–Crippen LogP) is 3.10. The number of carbonyl (C=O) groups is 1. The van der Waals surface area contributed by atoms with E-state index in [9.17, 15) is 4.79 Å². The predicted molar refractivity (Wildman–Crippen MR) is 88.1 cm³/mol. The van der Waals surface area contributed by atoms with Crippen molar-refractivity contribution in [2.24, 2.45) is 10.2 Å². The van der Waals surface area contributed by atoms with Crippen molar-refractivity contribution >= 4 is 39.5 Å². The second-order valence-electron chi connectivity index (χ2n) is 4.57. The third-order valence-electron chi connectivity index (χ3n) is 3.10. The van der Waals surface area contributed by atoms with E-state index in [-0.39, 0.29) is 11.6 Å². The highest BCUT2D eigenvalue weighted by molar-refractivity contribution is 9.10. The number of halogens is 1. The first-order valence-electron chi connectivity index (χ1n) is 6.40. The zero-order valence-corrected chi connectivity index (χ0v) is 12.8. The molecule has 0 unspecified atom stereocenters. The second-order valence-corrected chi connectivity index (χ2v) is 5.49. The van der Waals surface area contributed by atoms with Crippen molar-refractivity contribution in [2.75, 3.05) is 5.32 Å². The molecule has 1 amide bonds. The molecule has 6 heteroatoms. The molecule has 22 heavy (non-hydrogen) atoms. The number of hydrogen-bond acceptors (Lipinski definition) is 4. The molecule has 0 fully saturated rings. The molecule has 3 rings (SSSR count). The summed E-state index contributed by atoms with van der Waals surface area (Å²) in [7, 11) is 0. The lowest BCUT2D eigenvalue weighted by Gasteiger charge is -1.97. The Morgan fingerprint density at radius 2 is 1.95 bits per heavy atom. The normalized spacial score (nSPS) is 14.9. The van der Waals surface area contributed by atoms with E-state index in [0.717, 1.165) is 21.3 Å². The van der Waals surface area contributed by atoms with Crippen LogP contribution in [0.2, 0.25) is 0 Å². The molecule has 0 radical (unpaired) electrons. The maximum Gasteiger partial charge on any atom is 0.276 e. The van der Waals surface area contributed by atoms with Crippen molar-refractivity contribution in [3.05, 3.63) is 63.6 Å². The lowest BCUT2D eigenvalue weighted by molar-refractivity contribution is -0.110. The van der Waals surface area contributed by atoms with Crippen LogP contribution in [0.1, 0.15) is 16.7 Å². The third kappa shape index (κ3) is 2.80. The van der Waals surface area contributed by atoms with Gasteiger partial charge in [-0.1, -0.05) is 28.1 Å². The van der Waals surface area contributed by atoms with Crippen molar-refractivity contribution in [3.63, 3.8) is 0 Å². The molecule has 1 aliphatic rings. The minimum Gasteiger partial charge on any atom is -0.320 e. The summed E-state index contributed by atoms with van der Waals surface area (Å²) in [6.45, 7) is 0. The van der Waals surface area contributed by atoms with Gasteiger partial charge in [0, 0.05) is 10.0 Å². The quantitative estimate of drug-likeness (QED) is 0.665. The van der Waals surface area contributed by atoms with Gasteiger partial charge >= 0.3 is 0 Å². The SMILES string of the molecule is N#Cc1ccc(/C=N/N=C2\C(=O)Nc3ccc(Br)cc32)cc1. The van der Waals surface area contributed by atoms with Crippen LogP contribution in [0.15, 0.2) is 57.1 Å². The van der Waals surface area contributed by atoms with E-state index in [1.807, 2.05) is 24.3 Å². The lowest BCUT2D eigenvalue weighted by atomic mass is 10.1. The summed E-state index contributed by atoms with van der Waals surface area (Å²) in [5, 5.41) is 19.5. The van der Waals surface area contributed by atoms with E-state index >= 15 is 0 Å². The van der Waals surface area contributed by atoms with Crippen molar-refractivity contribution in [3.8, 4) is 6.07 Å². The minimum atomic E-state index is -0.273. The van der Waals surface area contributed by atoms with Gasteiger partial charge in [0.2, 0.25) is 0 Å². The lowest BCUT2D eigenvalue weighted by Crippen LogP contribution is -2.13. The smallest absolute Gasteiger partial charge is 0.276 e. The summed E-state index contributed by atoms with van der Waals surface area (Å²) in [6, 6.07) is 14.5. The Morgan fingerprint density at radius 1 is 1.18 bits per heavy atom. The summed E-state index contributed by atoms with van der Waals surface area (Å²) in [6.07, 6.45) is 1.54. The number of hydrogen-bond donors (Lipinski definition) is 1. The van der Waals surface area contributed by atoms with Gasteiger partial charge in [0.05, 0.1) is 23.5 Å². The Morgan fingerprint density at radius 3 is 2.68 bits per heavy atom. The Bertz CT molecular complexity index is 847. The zero-order chi connectivity index (χ0) is 15.5. The Labute approximate surface area is 135 Å². The maximum atomic E-state index is 11.9.